The van der Waals surface area contributed by atoms with Crippen LogP contribution in [0.2, 0.25) is 0 Å². The van der Waals surface area contributed by atoms with Gasteiger partial charge in [-0.15, -0.1) is 0 Å². The molecule has 3 aliphatic carbocycles. The van der Waals surface area contributed by atoms with Gasteiger partial charge in [0.05, 0.1) is 12.2 Å². The van der Waals surface area contributed by atoms with Gasteiger partial charge in [-0.25, -0.2) is 0 Å². The molecule has 0 aliphatic heterocycles. The van der Waals surface area contributed by atoms with Crippen molar-refractivity contribution in [1.82, 2.24) is 0 Å². The van der Waals surface area contributed by atoms with Gasteiger partial charge < -0.3 is 15.6 Å². The molecule has 3 heteroatoms. The van der Waals surface area contributed by atoms with Crippen LogP contribution in [0.3, 0.4) is 0 Å². The lowest BCUT2D eigenvalue weighted by Crippen LogP contribution is -2.45. The zero-order chi connectivity index (χ0) is 10.6. The van der Waals surface area contributed by atoms with E-state index in [1.165, 1.54) is 19.3 Å². The molecule has 15 heavy (non-hydrogen) atoms. The van der Waals surface area contributed by atoms with Crippen LogP contribution in [0.5, 0.6) is 0 Å². The summed E-state index contributed by atoms with van der Waals surface area (Å²) in [5, 5.41) is 9.98. The van der Waals surface area contributed by atoms with E-state index in [2.05, 4.69) is 0 Å². The van der Waals surface area contributed by atoms with Crippen LogP contribution in [-0.4, -0.2) is 30.5 Å². The second-order valence-electron chi connectivity index (χ2n) is 5.78. The van der Waals surface area contributed by atoms with Crippen LogP contribution in [0.15, 0.2) is 0 Å². The third-order valence-electron chi connectivity index (χ3n) is 5.36. The Labute approximate surface area is 91.0 Å². The summed E-state index contributed by atoms with van der Waals surface area (Å²) in [6.07, 6.45) is 5.50. The number of ether oxygens (including phenoxy) is 1. The van der Waals surface area contributed by atoms with Crippen molar-refractivity contribution in [3.8, 4) is 0 Å². The van der Waals surface area contributed by atoms with Crippen molar-refractivity contribution in [3.63, 3.8) is 0 Å². The molecular weight excluding hydrogens is 190 g/mol. The maximum atomic E-state index is 9.98. The number of aliphatic hydroxyl groups is 1. The number of rotatable bonds is 1. The monoisotopic (exact) mass is 211 g/mol. The summed E-state index contributed by atoms with van der Waals surface area (Å²) < 4.78 is 5.36. The standard InChI is InChI=1S/C12H21NO2/c1-15-10-6-12(5-9(10)14)8-3-2-7(4-8)11(12)13/h7-11,14H,2-6,13H2,1H3/t7-,8+,9-,10-,11-,12-/m1/s1. The average molecular weight is 211 g/mol. The average Bonchev–Trinajstić information content (AvgIpc) is 2.85. The topological polar surface area (TPSA) is 55.5 Å². The molecule has 0 amide bonds. The van der Waals surface area contributed by atoms with E-state index in [4.69, 9.17) is 10.5 Å². The first-order valence-corrected chi connectivity index (χ1v) is 6.14. The minimum absolute atomic E-state index is 0.0235. The van der Waals surface area contributed by atoms with E-state index in [9.17, 15) is 5.11 Å². The molecule has 6 atom stereocenters. The highest BCUT2D eigenvalue weighted by molar-refractivity contribution is 5.13. The van der Waals surface area contributed by atoms with Crippen molar-refractivity contribution in [3.05, 3.63) is 0 Å². The summed E-state index contributed by atoms with van der Waals surface area (Å²) in [7, 11) is 1.70. The highest BCUT2D eigenvalue weighted by Crippen LogP contribution is 2.62. The summed E-state index contributed by atoms with van der Waals surface area (Å²) in [5.41, 5.74) is 6.58. The molecule has 2 bridgehead atoms. The largest absolute Gasteiger partial charge is 0.390 e. The molecule has 0 aromatic heterocycles. The van der Waals surface area contributed by atoms with Gasteiger partial charge >= 0.3 is 0 Å². The quantitative estimate of drug-likeness (QED) is 0.677. The van der Waals surface area contributed by atoms with Gasteiger partial charge in [-0.05, 0) is 49.4 Å². The normalized spacial score (nSPS) is 58.2. The predicted molar refractivity (Wildman–Crippen MR) is 57.3 cm³/mol. The molecule has 0 aromatic carbocycles. The molecule has 0 radical (unpaired) electrons. The molecule has 3 aliphatic rings. The van der Waals surface area contributed by atoms with Crippen molar-refractivity contribution >= 4 is 0 Å². The van der Waals surface area contributed by atoms with Gasteiger partial charge in [0.15, 0.2) is 0 Å². The van der Waals surface area contributed by atoms with E-state index in [1.54, 1.807) is 7.11 Å². The van der Waals surface area contributed by atoms with Gasteiger partial charge in [-0.3, -0.25) is 0 Å². The van der Waals surface area contributed by atoms with Gasteiger partial charge in [-0.2, -0.15) is 0 Å². The van der Waals surface area contributed by atoms with Crippen molar-refractivity contribution < 1.29 is 9.84 Å². The van der Waals surface area contributed by atoms with Crippen LogP contribution >= 0.6 is 0 Å². The molecule has 0 saturated heterocycles. The highest BCUT2D eigenvalue weighted by Gasteiger charge is 2.61. The Morgan fingerprint density at radius 3 is 2.67 bits per heavy atom. The summed E-state index contributed by atoms with van der Waals surface area (Å²) in [6.45, 7) is 0. The van der Waals surface area contributed by atoms with Crippen LogP contribution < -0.4 is 5.73 Å². The van der Waals surface area contributed by atoms with Crippen molar-refractivity contribution in [2.45, 2.75) is 50.4 Å². The number of methoxy groups -OCH3 is 1. The van der Waals surface area contributed by atoms with E-state index >= 15 is 0 Å². The second kappa shape index (κ2) is 3.19. The van der Waals surface area contributed by atoms with E-state index < -0.39 is 0 Å². The molecule has 0 heterocycles. The first-order valence-electron chi connectivity index (χ1n) is 6.14. The lowest BCUT2D eigenvalue weighted by Gasteiger charge is -2.39. The second-order valence-corrected chi connectivity index (χ2v) is 5.78. The molecule has 1 spiro atoms. The minimum Gasteiger partial charge on any atom is -0.390 e. The Bertz CT molecular complexity index is 266. The highest BCUT2D eigenvalue weighted by atomic mass is 16.5. The summed E-state index contributed by atoms with van der Waals surface area (Å²) in [6, 6.07) is 0.311. The molecule has 86 valence electrons. The summed E-state index contributed by atoms with van der Waals surface area (Å²) in [4.78, 5) is 0. The Hall–Kier alpha value is -0.120. The lowest BCUT2D eigenvalue weighted by molar-refractivity contribution is 0.00927. The smallest absolute Gasteiger partial charge is 0.0836 e. The SMILES string of the molecule is CO[C@@H]1C[C@]2(C[C@H]1O)[C@H]1CC[C@H](C1)[C@H]2N. The molecule has 3 N–H and O–H groups in total. The van der Waals surface area contributed by atoms with Crippen LogP contribution in [-0.2, 0) is 4.74 Å². The number of hydrogen-bond acceptors (Lipinski definition) is 3. The fourth-order valence-electron chi connectivity index (χ4n) is 4.57. The zero-order valence-electron chi connectivity index (χ0n) is 9.36. The lowest BCUT2D eigenvalue weighted by atomic mass is 9.69. The fourth-order valence-corrected chi connectivity index (χ4v) is 4.57. The van der Waals surface area contributed by atoms with Crippen LogP contribution in [0.4, 0.5) is 0 Å². The zero-order valence-corrected chi connectivity index (χ0v) is 9.36. The Morgan fingerprint density at radius 1 is 1.33 bits per heavy atom. The molecule has 3 nitrogen and oxygen atoms in total. The molecular formula is C12H21NO2. The minimum atomic E-state index is -0.291. The van der Waals surface area contributed by atoms with Crippen LogP contribution in [0.1, 0.15) is 32.1 Å². The van der Waals surface area contributed by atoms with E-state index in [0.717, 1.165) is 24.7 Å². The van der Waals surface area contributed by atoms with Gasteiger partial charge in [0, 0.05) is 13.2 Å². The van der Waals surface area contributed by atoms with Gasteiger partial charge in [-0.1, -0.05) is 0 Å². The number of nitrogens with two attached hydrogens (primary N) is 1. The molecule has 0 aromatic rings. The Morgan fingerprint density at radius 2 is 2.13 bits per heavy atom. The summed E-state index contributed by atoms with van der Waals surface area (Å²) in [5.74, 6) is 1.48. The fraction of sp³-hybridized carbons (Fsp3) is 1.00. The molecule has 3 rings (SSSR count). The maximum Gasteiger partial charge on any atom is 0.0836 e. The van der Waals surface area contributed by atoms with E-state index in [1.807, 2.05) is 0 Å². The first kappa shape index (κ1) is 10.1. The van der Waals surface area contributed by atoms with Crippen molar-refractivity contribution in [2.75, 3.05) is 7.11 Å². The van der Waals surface area contributed by atoms with Crippen LogP contribution in [0.25, 0.3) is 0 Å². The molecule has 0 unspecified atom stereocenters. The first-order chi connectivity index (χ1) is 7.17. The summed E-state index contributed by atoms with van der Waals surface area (Å²) >= 11 is 0. The predicted octanol–water partition coefficient (Wildman–Crippen LogP) is 0.900. The number of hydrogen-bond donors (Lipinski definition) is 2. The maximum absolute atomic E-state index is 9.98. The van der Waals surface area contributed by atoms with Crippen LogP contribution in [0, 0.1) is 17.3 Å². The Balaban J connectivity index is 1.86. The number of fused-ring (bicyclic) bond motifs is 3. The molecule has 3 fully saturated rings. The van der Waals surface area contributed by atoms with Gasteiger partial charge in [0.2, 0.25) is 0 Å². The third-order valence-corrected chi connectivity index (χ3v) is 5.36. The number of aliphatic hydroxyl groups excluding tert-OH is 1. The van der Waals surface area contributed by atoms with Crippen molar-refractivity contribution in [2.24, 2.45) is 23.0 Å². The third kappa shape index (κ3) is 1.17. The van der Waals surface area contributed by atoms with Gasteiger partial charge in [0.25, 0.3) is 0 Å². The van der Waals surface area contributed by atoms with E-state index in [-0.39, 0.29) is 17.6 Å². The van der Waals surface area contributed by atoms with Crippen molar-refractivity contribution in [1.29, 1.82) is 0 Å². The Kier molecular flexibility index (Phi) is 2.14. The van der Waals surface area contributed by atoms with E-state index in [0.29, 0.717) is 6.04 Å². The molecule has 3 saturated carbocycles. The van der Waals surface area contributed by atoms with Gasteiger partial charge in [0.1, 0.15) is 0 Å².